The minimum atomic E-state index is -1.56. The molecule has 1 rings (SSSR count). The molecule has 3 nitrogen and oxygen atoms in total. The second-order valence-electron chi connectivity index (χ2n) is 4.45. The number of benzene rings is 1. The van der Waals surface area contributed by atoms with Gasteiger partial charge in [-0.2, -0.15) is 14.0 Å². The molecule has 0 aliphatic carbocycles. The molecular weight excluding hydrogens is 217 g/mol. The summed E-state index contributed by atoms with van der Waals surface area (Å²) in [5, 5.41) is 1.38. The van der Waals surface area contributed by atoms with Gasteiger partial charge in [0.2, 0.25) is 0 Å². The van der Waals surface area contributed by atoms with E-state index in [0.29, 0.717) is 0 Å². The van der Waals surface area contributed by atoms with Gasteiger partial charge in [0.1, 0.15) is 5.30 Å². The molecule has 0 aliphatic heterocycles. The van der Waals surface area contributed by atoms with Crippen molar-refractivity contribution in [2.24, 2.45) is 0 Å². The van der Waals surface area contributed by atoms with Crippen molar-refractivity contribution in [3.8, 4) is 0 Å². The van der Waals surface area contributed by atoms with Crippen molar-refractivity contribution in [1.82, 2.24) is 14.0 Å². The van der Waals surface area contributed by atoms with Gasteiger partial charge in [0.05, 0.1) is 0 Å². The summed E-state index contributed by atoms with van der Waals surface area (Å²) in [6.07, 6.45) is 0. The summed E-state index contributed by atoms with van der Waals surface area (Å²) >= 11 is 0. The largest absolute Gasteiger partial charge is 0.260 e. The number of rotatable bonds is 4. The van der Waals surface area contributed by atoms with E-state index in [1.165, 1.54) is 5.30 Å². The molecule has 0 aliphatic rings. The first kappa shape index (κ1) is 13.6. The van der Waals surface area contributed by atoms with E-state index >= 15 is 0 Å². The van der Waals surface area contributed by atoms with Crippen LogP contribution in [0.3, 0.4) is 0 Å². The topological polar surface area (TPSA) is 9.72 Å². The Balaban J connectivity index is 3.34. The molecule has 0 heterocycles. The first-order valence-electron chi connectivity index (χ1n) is 5.42. The van der Waals surface area contributed by atoms with Gasteiger partial charge < -0.3 is 0 Å². The second kappa shape index (κ2) is 5.24. The Hall–Kier alpha value is -0.470. The monoisotopic (exact) mass is 240 g/mol. The van der Waals surface area contributed by atoms with Gasteiger partial charge in [0.15, 0.2) is 0 Å². The summed E-state index contributed by atoms with van der Waals surface area (Å²) in [5.74, 6) is 0. The summed E-state index contributed by atoms with van der Waals surface area (Å²) < 4.78 is 7.01. The molecule has 1 aromatic rings. The summed E-state index contributed by atoms with van der Waals surface area (Å²) in [7, 11) is 11.4. The van der Waals surface area contributed by atoms with Crippen molar-refractivity contribution < 1.29 is 0 Å². The Morgan fingerprint density at radius 1 is 0.688 bits per heavy atom. The van der Waals surface area contributed by atoms with E-state index in [-0.39, 0.29) is 0 Å². The van der Waals surface area contributed by atoms with E-state index in [0.717, 1.165) is 0 Å². The highest BCUT2D eigenvalue weighted by Gasteiger charge is 2.49. The van der Waals surface area contributed by atoms with Crippen LogP contribution in [0, 0.1) is 0 Å². The molecule has 0 N–H and O–H groups in total. The lowest BCUT2D eigenvalue weighted by molar-refractivity contribution is 0.473. The van der Waals surface area contributed by atoms with Crippen molar-refractivity contribution >= 4 is 13.0 Å². The minimum absolute atomic E-state index is 1.38. The van der Waals surface area contributed by atoms with Crippen LogP contribution >= 0.6 is 7.71 Å². The van der Waals surface area contributed by atoms with Gasteiger partial charge in [-0.05, 0) is 12.1 Å². The zero-order chi connectivity index (χ0) is 12.3. The van der Waals surface area contributed by atoms with Crippen LogP contribution in [0.4, 0.5) is 0 Å². The van der Waals surface area contributed by atoms with Crippen LogP contribution in [0.2, 0.25) is 0 Å². The van der Waals surface area contributed by atoms with Crippen LogP contribution in [0.15, 0.2) is 30.3 Å². The van der Waals surface area contributed by atoms with Gasteiger partial charge in [0, 0.05) is 42.3 Å². The van der Waals surface area contributed by atoms with Crippen LogP contribution in [-0.4, -0.2) is 56.3 Å². The van der Waals surface area contributed by atoms with Crippen molar-refractivity contribution in [2.75, 3.05) is 42.3 Å². The first-order chi connectivity index (χ1) is 7.44. The standard InChI is InChI=1S/C12H23N3P/c1-13(2)16(14(3)4,15(5)6)12-10-8-7-9-11-12/h7-11H,1-6H3/q+1. The Kier molecular flexibility index (Phi) is 4.45. The van der Waals surface area contributed by atoms with E-state index in [1.54, 1.807) is 0 Å². The molecule has 0 atom stereocenters. The molecule has 0 bridgehead atoms. The number of hydrogen-bond donors (Lipinski definition) is 0. The smallest absolute Gasteiger partial charge is 0.150 e. The van der Waals surface area contributed by atoms with Crippen LogP contribution in [0.25, 0.3) is 0 Å². The first-order valence-corrected chi connectivity index (χ1v) is 7.06. The van der Waals surface area contributed by atoms with Gasteiger partial charge in [-0.25, -0.2) is 0 Å². The highest BCUT2D eigenvalue weighted by Crippen LogP contribution is 2.62. The van der Waals surface area contributed by atoms with Crippen molar-refractivity contribution in [1.29, 1.82) is 0 Å². The molecule has 0 saturated heterocycles. The van der Waals surface area contributed by atoms with Crippen molar-refractivity contribution in [3.05, 3.63) is 30.3 Å². The molecular formula is C12H23N3P+. The van der Waals surface area contributed by atoms with E-state index in [4.69, 9.17) is 0 Å². The van der Waals surface area contributed by atoms with Gasteiger partial charge >= 0.3 is 0 Å². The highest BCUT2D eigenvalue weighted by molar-refractivity contribution is 7.76. The van der Waals surface area contributed by atoms with Gasteiger partial charge in [-0.1, -0.05) is 18.2 Å². The zero-order valence-corrected chi connectivity index (χ0v) is 12.1. The molecule has 0 radical (unpaired) electrons. The van der Waals surface area contributed by atoms with Crippen LogP contribution < -0.4 is 5.30 Å². The fourth-order valence-electron chi connectivity index (χ4n) is 2.39. The third-order valence-corrected chi connectivity index (χ3v) is 7.11. The predicted octanol–water partition coefficient (Wildman–Crippen LogP) is 1.76. The average Bonchev–Trinajstić information content (AvgIpc) is 2.18. The normalized spacial score (nSPS) is 12.8. The number of nitrogens with zero attached hydrogens (tertiary/aromatic N) is 3. The third-order valence-electron chi connectivity index (χ3n) is 2.78. The Morgan fingerprint density at radius 2 is 1.06 bits per heavy atom. The fraction of sp³-hybridized carbons (Fsp3) is 0.500. The Labute approximate surface area is 100 Å². The molecule has 4 heteroatoms. The van der Waals surface area contributed by atoms with Gasteiger partial charge in [0.25, 0.3) is 7.71 Å². The lowest BCUT2D eigenvalue weighted by Gasteiger charge is -2.39. The van der Waals surface area contributed by atoms with Crippen LogP contribution in [0.1, 0.15) is 0 Å². The molecule has 1 aromatic carbocycles. The summed E-state index contributed by atoms with van der Waals surface area (Å²) in [6.45, 7) is 0. The van der Waals surface area contributed by atoms with Crippen molar-refractivity contribution in [3.63, 3.8) is 0 Å². The lowest BCUT2D eigenvalue weighted by Crippen LogP contribution is -2.42. The second-order valence-corrected chi connectivity index (χ2v) is 8.50. The Morgan fingerprint density at radius 3 is 1.38 bits per heavy atom. The molecule has 0 amide bonds. The molecule has 0 aromatic heterocycles. The van der Waals surface area contributed by atoms with Gasteiger partial charge in [-0.15, -0.1) is 0 Å². The molecule has 0 unspecified atom stereocenters. The molecule has 0 fully saturated rings. The summed E-state index contributed by atoms with van der Waals surface area (Å²) in [4.78, 5) is 0. The zero-order valence-electron chi connectivity index (χ0n) is 11.2. The number of hydrogen-bond acceptors (Lipinski definition) is 3. The maximum absolute atomic E-state index is 2.34. The van der Waals surface area contributed by atoms with E-state index in [9.17, 15) is 0 Å². The molecule has 90 valence electrons. The van der Waals surface area contributed by atoms with Gasteiger partial charge in [-0.3, -0.25) is 0 Å². The Bertz CT molecular complexity index is 301. The van der Waals surface area contributed by atoms with E-state index in [1.807, 2.05) is 0 Å². The molecule has 0 spiro atoms. The molecule has 0 saturated carbocycles. The predicted molar refractivity (Wildman–Crippen MR) is 74.1 cm³/mol. The summed E-state index contributed by atoms with van der Waals surface area (Å²) in [6, 6.07) is 10.7. The minimum Gasteiger partial charge on any atom is -0.150 e. The van der Waals surface area contributed by atoms with Crippen LogP contribution in [0.5, 0.6) is 0 Å². The van der Waals surface area contributed by atoms with Crippen LogP contribution in [-0.2, 0) is 0 Å². The summed E-state index contributed by atoms with van der Waals surface area (Å²) in [5.41, 5.74) is 0. The SMILES string of the molecule is CN(C)[P+](c1ccccc1)(N(C)C)N(C)C. The average molecular weight is 240 g/mol. The highest BCUT2D eigenvalue weighted by atomic mass is 31.2. The van der Waals surface area contributed by atoms with E-state index in [2.05, 4.69) is 86.6 Å². The third kappa shape index (κ3) is 2.14. The fourth-order valence-corrected chi connectivity index (χ4v) is 6.50. The quantitative estimate of drug-likeness (QED) is 0.743. The maximum Gasteiger partial charge on any atom is 0.260 e. The van der Waals surface area contributed by atoms with E-state index < -0.39 is 7.71 Å². The maximum atomic E-state index is 2.34. The van der Waals surface area contributed by atoms with Crippen molar-refractivity contribution in [2.45, 2.75) is 0 Å². The molecule has 16 heavy (non-hydrogen) atoms. The lowest BCUT2D eigenvalue weighted by atomic mass is 10.4.